The molecule has 0 heterocycles. The molecule has 1 rings (SSSR count). The van der Waals surface area contributed by atoms with Gasteiger partial charge in [0.05, 0.1) is 12.5 Å². The highest BCUT2D eigenvalue weighted by molar-refractivity contribution is 5.97. The standard InChI is InChI=1S/C15H19NO3/c1-3-9-16(10-12(2)15(18)19)11-14(17)13-7-5-4-6-8-13/h3-8,12H,1,9-11H2,2H3,(H,18,19)/t12-/m0/s1. The van der Waals surface area contributed by atoms with Crippen LogP contribution < -0.4 is 0 Å². The second-order valence-corrected chi connectivity index (χ2v) is 4.51. The number of hydrogen-bond donors (Lipinski definition) is 1. The van der Waals surface area contributed by atoms with Gasteiger partial charge in [-0.25, -0.2) is 0 Å². The summed E-state index contributed by atoms with van der Waals surface area (Å²) in [5.41, 5.74) is 0.638. The average Bonchev–Trinajstić information content (AvgIpc) is 2.39. The fraction of sp³-hybridized carbons (Fsp3) is 0.333. The third-order valence-electron chi connectivity index (χ3n) is 2.80. The quantitative estimate of drug-likeness (QED) is 0.575. The zero-order valence-electron chi connectivity index (χ0n) is 11.1. The topological polar surface area (TPSA) is 57.6 Å². The van der Waals surface area contributed by atoms with E-state index >= 15 is 0 Å². The number of Topliss-reactive ketones (excluding diaryl/α,β-unsaturated/α-hetero) is 1. The Labute approximate surface area is 113 Å². The van der Waals surface area contributed by atoms with Crippen LogP contribution in [0.15, 0.2) is 43.0 Å². The lowest BCUT2D eigenvalue weighted by molar-refractivity contribution is -0.141. The van der Waals surface area contributed by atoms with Crippen molar-refractivity contribution in [2.24, 2.45) is 5.92 Å². The molecule has 0 fully saturated rings. The Kier molecular flexibility index (Phi) is 5.96. The predicted octanol–water partition coefficient (Wildman–Crippen LogP) is 2.08. The number of carboxylic acids is 1. The molecule has 0 amide bonds. The molecule has 0 bridgehead atoms. The molecule has 0 aliphatic carbocycles. The van der Waals surface area contributed by atoms with E-state index in [0.717, 1.165) is 0 Å². The van der Waals surface area contributed by atoms with E-state index in [1.807, 2.05) is 18.2 Å². The third-order valence-corrected chi connectivity index (χ3v) is 2.80. The maximum Gasteiger partial charge on any atom is 0.307 e. The molecule has 102 valence electrons. The van der Waals surface area contributed by atoms with Crippen molar-refractivity contribution in [3.8, 4) is 0 Å². The first-order chi connectivity index (χ1) is 9.04. The minimum absolute atomic E-state index is 0.0139. The van der Waals surface area contributed by atoms with Gasteiger partial charge in [0.2, 0.25) is 0 Å². The monoisotopic (exact) mass is 261 g/mol. The molecule has 4 nitrogen and oxygen atoms in total. The number of rotatable bonds is 8. The van der Waals surface area contributed by atoms with Crippen molar-refractivity contribution in [3.05, 3.63) is 48.6 Å². The zero-order valence-corrected chi connectivity index (χ0v) is 11.1. The molecular formula is C15H19NO3. The Morgan fingerprint density at radius 2 is 2.00 bits per heavy atom. The van der Waals surface area contributed by atoms with Crippen LogP contribution in [0.5, 0.6) is 0 Å². The van der Waals surface area contributed by atoms with Gasteiger partial charge in [0.1, 0.15) is 0 Å². The van der Waals surface area contributed by atoms with Crippen LogP contribution in [0.2, 0.25) is 0 Å². The molecule has 1 aromatic carbocycles. The van der Waals surface area contributed by atoms with Crippen molar-refractivity contribution in [2.75, 3.05) is 19.6 Å². The highest BCUT2D eigenvalue weighted by Crippen LogP contribution is 2.05. The fourth-order valence-corrected chi connectivity index (χ4v) is 1.77. The smallest absolute Gasteiger partial charge is 0.307 e. The first-order valence-electron chi connectivity index (χ1n) is 6.19. The van der Waals surface area contributed by atoms with Crippen LogP contribution in [0.3, 0.4) is 0 Å². The van der Waals surface area contributed by atoms with Crippen LogP contribution in [0.1, 0.15) is 17.3 Å². The van der Waals surface area contributed by atoms with Gasteiger partial charge in [-0.1, -0.05) is 43.3 Å². The van der Waals surface area contributed by atoms with Gasteiger partial charge in [0, 0.05) is 18.7 Å². The summed E-state index contributed by atoms with van der Waals surface area (Å²) in [4.78, 5) is 24.7. The van der Waals surface area contributed by atoms with Gasteiger partial charge >= 0.3 is 5.97 Å². The molecule has 0 unspecified atom stereocenters. The summed E-state index contributed by atoms with van der Waals surface area (Å²) < 4.78 is 0. The van der Waals surface area contributed by atoms with Crippen LogP contribution in [0, 0.1) is 5.92 Å². The summed E-state index contributed by atoms with van der Waals surface area (Å²) in [6.45, 7) is 6.29. The van der Waals surface area contributed by atoms with Gasteiger partial charge in [0.25, 0.3) is 0 Å². The average molecular weight is 261 g/mol. The summed E-state index contributed by atoms with van der Waals surface area (Å²) in [6.07, 6.45) is 1.67. The van der Waals surface area contributed by atoms with Gasteiger partial charge in [-0.3, -0.25) is 14.5 Å². The van der Waals surface area contributed by atoms with Crippen molar-refractivity contribution < 1.29 is 14.7 Å². The predicted molar refractivity (Wildman–Crippen MR) is 74.2 cm³/mol. The van der Waals surface area contributed by atoms with E-state index < -0.39 is 11.9 Å². The fourth-order valence-electron chi connectivity index (χ4n) is 1.77. The lowest BCUT2D eigenvalue weighted by Crippen LogP contribution is -2.36. The molecule has 0 aliphatic rings. The maximum absolute atomic E-state index is 12.1. The van der Waals surface area contributed by atoms with Crippen LogP contribution in [0.25, 0.3) is 0 Å². The van der Waals surface area contributed by atoms with E-state index in [-0.39, 0.29) is 12.3 Å². The largest absolute Gasteiger partial charge is 0.481 e. The van der Waals surface area contributed by atoms with Crippen LogP contribution in [0.4, 0.5) is 0 Å². The summed E-state index contributed by atoms with van der Waals surface area (Å²) in [6, 6.07) is 8.99. The molecular weight excluding hydrogens is 242 g/mol. The zero-order chi connectivity index (χ0) is 14.3. The van der Waals surface area contributed by atoms with E-state index in [0.29, 0.717) is 18.7 Å². The number of hydrogen-bond acceptors (Lipinski definition) is 3. The van der Waals surface area contributed by atoms with Gasteiger partial charge in [-0.15, -0.1) is 6.58 Å². The number of carbonyl (C=O) groups is 2. The normalized spacial score (nSPS) is 12.1. The molecule has 4 heteroatoms. The van der Waals surface area contributed by atoms with E-state index in [9.17, 15) is 9.59 Å². The van der Waals surface area contributed by atoms with Crippen molar-refractivity contribution >= 4 is 11.8 Å². The first kappa shape index (κ1) is 15.1. The SMILES string of the molecule is C=CCN(CC(=O)c1ccccc1)C[C@H](C)C(=O)O. The second-order valence-electron chi connectivity index (χ2n) is 4.51. The van der Waals surface area contributed by atoms with Crippen molar-refractivity contribution in [1.29, 1.82) is 0 Å². The first-order valence-corrected chi connectivity index (χ1v) is 6.19. The summed E-state index contributed by atoms with van der Waals surface area (Å²) in [7, 11) is 0. The Hall–Kier alpha value is -1.94. The molecule has 1 atom stereocenters. The van der Waals surface area contributed by atoms with Crippen LogP contribution in [-0.2, 0) is 4.79 Å². The van der Waals surface area contributed by atoms with E-state index in [1.165, 1.54) is 0 Å². The molecule has 0 aromatic heterocycles. The van der Waals surface area contributed by atoms with Gasteiger partial charge in [-0.2, -0.15) is 0 Å². The van der Waals surface area contributed by atoms with E-state index in [1.54, 1.807) is 30.0 Å². The molecule has 0 saturated heterocycles. The summed E-state index contributed by atoms with van der Waals surface area (Å²) >= 11 is 0. The van der Waals surface area contributed by atoms with Gasteiger partial charge < -0.3 is 5.11 Å². The highest BCUT2D eigenvalue weighted by atomic mass is 16.4. The lowest BCUT2D eigenvalue weighted by Gasteiger charge is -2.21. The molecule has 0 saturated carbocycles. The van der Waals surface area contributed by atoms with Crippen molar-refractivity contribution in [1.82, 2.24) is 4.90 Å². The van der Waals surface area contributed by atoms with Gasteiger partial charge in [0.15, 0.2) is 5.78 Å². The highest BCUT2D eigenvalue weighted by Gasteiger charge is 2.18. The third kappa shape index (κ3) is 5.06. The number of carbonyl (C=O) groups excluding carboxylic acids is 1. The second kappa shape index (κ2) is 7.48. The Morgan fingerprint density at radius 1 is 1.37 bits per heavy atom. The summed E-state index contributed by atoms with van der Waals surface area (Å²) in [5.74, 6) is -1.38. The number of nitrogens with zero attached hydrogens (tertiary/aromatic N) is 1. The molecule has 0 aliphatic heterocycles. The molecule has 0 spiro atoms. The lowest BCUT2D eigenvalue weighted by atomic mass is 10.1. The van der Waals surface area contributed by atoms with E-state index in [2.05, 4.69) is 6.58 Å². The number of aliphatic carboxylic acids is 1. The van der Waals surface area contributed by atoms with Crippen molar-refractivity contribution in [3.63, 3.8) is 0 Å². The Bertz CT molecular complexity index is 442. The minimum atomic E-state index is -0.860. The summed E-state index contributed by atoms with van der Waals surface area (Å²) in [5, 5.41) is 8.91. The Balaban J connectivity index is 2.65. The molecule has 1 aromatic rings. The number of carboxylic acid groups (broad SMARTS) is 1. The minimum Gasteiger partial charge on any atom is -0.481 e. The van der Waals surface area contributed by atoms with Crippen LogP contribution >= 0.6 is 0 Å². The van der Waals surface area contributed by atoms with E-state index in [4.69, 9.17) is 5.11 Å². The number of ketones is 1. The molecule has 19 heavy (non-hydrogen) atoms. The molecule has 1 N–H and O–H groups in total. The van der Waals surface area contributed by atoms with Crippen molar-refractivity contribution in [2.45, 2.75) is 6.92 Å². The maximum atomic E-state index is 12.1. The Morgan fingerprint density at radius 3 is 2.53 bits per heavy atom. The van der Waals surface area contributed by atoms with Crippen LogP contribution in [-0.4, -0.2) is 41.4 Å². The number of benzene rings is 1. The molecule has 0 radical (unpaired) electrons. The van der Waals surface area contributed by atoms with Gasteiger partial charge in [-0.05, 0) is 0 Å².